The lowest BCUT2D eigenvalue weighted by atomic mass is 9.82. The smallest absolute Gasteiger partial charge is 0.159 e. The molecule has 2 unspecified atom stereocenters. The van der Waals surface area contributed by atoms with Crippen LogP contribution in [0, 0.1) is 28.6 Å². The fourth-order valence-corrected chi connectivity index (χ4v) is 11.2. The van der Waals surface area contributed by atoms with E-state index in [9.17, 15) is 10.5 Å². The molecule has 6 nitrogen and oxygen atoms in total. The van der Waals surface area contributed by atoms with Gasteiger partial charge in [-0.25, -0.2) is 0 Å². The lowest BCUT2D eigenvalue weighted by Crippen LogP contribution is -2.30. The first-order valence-electron chi connectivity index (χ1n) is 23.5. The highest BCUT2D eigenvalue weighted by molar-refractivity contribution is 6.29. The molecule has 0 bridgehead atoms. The van der Waals surface area contributed by atoms with Crippen LogP contribution in [0.5, 0.6) is 0 Å². The van der Waals surface area contributed by atoms with Crippen LogP contribution in [0.25, 0.3) is 66.4 Å². The molecule has 0 fully saturated rings. The van der Waals surface area contributed by atoms with Crippen LogP contribution in [0.15, 0.2) is 148 Å². The molecule has 0 N–H and O–H groups in total. The molecule has 2 atom stereocenters. The van der Waals surface area contributed by atoms with Crippen molar-refractivity contribution in [2.75, 3.05) is 9.80 Å². The summed E-state index contributed by atoms with van der Waals surface area (Å²) in [5.74, 6) is 2.43. The minimum atomic E-state index is -0.164. The van der Waals surface area contributed by atoms with Crippen LogP contribution in [0.3, 0.4) is 0 Å². The van der Waals surface area contributed by atoms with E-state index in [0.717, 1.165) is 85.5 Å². The number of rotatable bonds is 8. The summed E-state index contributed by atoms with van der Waals surface area (Å²) in [5, 5.41) is 29.2. The molecule has 2 heterocycles. The van der Waals surface area contributed by atoms with E-state index in [4.69, 9.17) is 8.83 Å². The summed E-state index contributed by atoms with van der Waals surface area (Å²) in [6.07, 6.45) is 10.9. The Labute approximate surface area is 390 Å². The molecule has 8 aromatic carbocycles. The van der Waals surface area contributed by atoms with Crippen molar-refractivity contribution < 1.29 is 8.83 Å². The quantitative estimate of drug-likeness (QED) is 0.142. The van der Waals surface area contributed by atoms with Crippen molar-refractivity contribution >= 4 is 94.8 Å². The van der Waals surface area contributed by atoms with E-state index in [1.807, 2.05) is 48.5 Å². The molecule has 0 saturated carbocycles. The van der Waals surface area contributed by atoms with Crippen LogP contribution >= 0.6 is 0 Å². The van der Waals surface area contributed by atoms with Crippen LogP contribution in [0.4, 0.5) is 28.4 Å². The molecule has 0 aliphatic heterocycles. The van der Waals surface area contributed by atoms with Crippen LogP contribution in [-0.4, -0.2) is 0 Å². The monoisotopic (exact) mass is 868 g/mol. The summed E-state index contributed by atoms with van der Waals surface area (Å²) in [4.78, 5) is 4.84. The Bertz CT molecular complexity index is 3760. The lowest BCUT2D eigenvalue weighted by Gasteiger charge is -2.39. The number of benzene rings is 8. The van der Waals surface area contributed by atoms with Gasteiger partial charge < -0.3 is 18.6 Å². The van der Waals surface area contributed by atoms with E-state index < -0.39 is 0 Å². The van der Waals surface area contributed by atoms with Crippen molar-refractivity contribution in [2.45, 2.75) is 65.3 Å². The molecule has 0 radical (unpaired) electrons. The lowest BCUT2D eigenvalue weighted by molar-refractivity contribution is 0.410. The van der Waals surface area contributed by atoms with Gasteiger partial charge in [0.15, 0.2) is 5.58 Å². The predicted octanol–water partition coefficient (Wildman–Crippen LogP) is 17.0. The standard InChI is InChI=1S/C61H48N4O2/c1-35(2)50-31-53(64(40-22-18-38(33-62)19-23-40)52-14-10-13-46-42-11-6-8-15-55(42)66-60(46)52)48-29-27-45-51(36(3)4)32-54(49-30-28-44(50)57(48)58(45)49)65(41-24-20-39(34-63)21-25-41)59-37(5)17-26-47-43-12-7-9-16-56(43)67-61(47)59/h6,8-11,13-32,35-37,59H,7,12H2,1-5H3. The summed E-state index contributed by atoms with van der Waals surface area (Å²) in [5.41, 5.74) is 12.8. The molecular formula is C61H48N4O2. The van der Waals surface area contributed by atoms with Crippen LogP contribution in [-0.2, 0) is 6.42 Å². The number of allylic oxidation sites excluding steroid dienone is 1. The third kappa shape index (κ3) is 6.20. The zero-order valence-electron chi connectivity index (χ0n) is 38.3. The topological polar surface area (TPSA) is 80.3 Å². The first-order valence-corrected chi connectivity index (χ1v) is 23.5. The molecule has 12 rings (SSSR count). The molecule has 67 heavy (non-hydrogen) atoms. The largest absolute Gasteiger partial charge is 0.459 e. The molecule has 324 valence electrons. The molecule has 2 aliphatic carbocycles. The first kappa shape index (κ1) is 40.4. The highest BCUT2D eigenvalue weighted by Gasteiger charge is 2.38. The minimum Gasteiger partial charge on any atom is -0.459 e. The summed E-state index contributed by atoms with van der Waals surface area (Å²) < 4.78 is 13.7. The Morgan fingerprint density at radius 3 is 1.88 bits per heavy atom. The molecule has 2 aromatic heterocycles. The minimum absolute atomic E-state index is 0.0989. The third-order valence-corrected chi connectivity index (χ3v) is 14.4. The third-order valence-electron chi connectivity index (χ3n) is 14.4. The van der Waals surface area contributed by atoms with Gasteiger partial charge in [0.1, 0.15) is 17.1 Å². The first-order chi connectivity index (χ1) is 32.7. The van der Waals surface area contributed by atoms with Crippen LogP contribution in [0.1, 0.15) is 104 Å². The second-order valence-corrected chi connectivity index (χ2v) is 19.0. The van der Waals surface area contributed by atoms with Gasteiger partial charge in [-0.05, 0) is 136 Å². The van der Waals surface area contributed by atoms with Crippen molar-refractivity contribution in [3.63, 3.8) is 0 Å². The summed E-state index contributed by atoms with van der Waals surface area (Å²) in [7, 11) is 0. The molecular weight excluding hydrogens is 821 g/mol. The summed E-state index contributed by atoms with van der Waals surface area (Å²) >= 11 is 0. The van der Waals surface area contributed by atoms with Gasteiger partial charge in [0.25, 0.3) is 0 Å². The Balaban J connectivity index is 1.19. The summed E-state index contributed by atoms with van der Waals surface area (Å²) in [6, 6.07) is 49.3. The van der Waals surface area contributed by atoms with E-state index in [1.54, 1.807) is 0 Å². The van der Waals surface area contributed by atoms with Crippen LogP contribution in [0.2, 0.25) is 0 Å². The molecule has 0 amide bonds. The SMILES string of the molecule is CC(C)c1cc(N(c2ccc(C#N)cc2)c2cccc3c2oc2ccccc23)c2ccc3c(C(C)C)cc(N(c4ccc(C#N)cc4)C4c5oc6c(c5C=CC4C)CCC=C6)c4ccc1c2c34. The number of furan rings is 2. The van der Waals surface area contributed by atoms with E-state index in [-0.39, 0.29) is 23.8 Å². The van der Waals surface area contributed by atoms with Gasteiger partial charge >= 0.3 is 0 Å². The van der Waals surface area contributed by atoms with E-state index in [2.05, 4.69) is 160 Å². The highest BCUT2D eigenvalue weighted by Crippen LogP contribution is 2.54. The van der Waals surface area contributed by atoms with Crippen molar-refractivity contribution in [1.29, 1.82) is 10.5 Å². The maximum atomic E-state index is 9.96. The van der Waals surface area contributed by atoms with Gasteiger partial charge in [-0.15, -0.1) is 0 Å². The highest BCUT2D eigenvalue weighted by atomic mass is 16.3. The zero-order chi connectivity index (χ0) is 45.7. The van der Waals surface area contributed by atoms with Crippen molar-refractivity contribution in [1.82, 2.24) is 0 Å². The van der Waals surface area contributed by atoms with Crippen molar-refractivity contribution in [2.24, 2.45) is 5.92 Å². The zero-order valence-corrected chi connectivity index (χ0v) is 38.3. The van der Waals surface area contributed by atoms with E-state index in [0.29, 0.717) is 11.1 Å². The molecule has 0 saturated heterocycles. The Kier molecular flexibility index (Phi) is 9.38. The predicted molar refractivity (Wildman–Crippen MR) is 275 cm³/mol. The van der Waals surface area contributed by atoms with E-state index >= 15 is 0 Å². The molecule has 2 aliphatic rings. The van der Waals surface area contributed by atoms with Gasteiger partial charge in [0, 0.05) is 50.0 Å². The van der Waals surface area contributed by atoms with Crippen LogP contribution < -0.4 is 9.80 Å². The number of para-hydroxylation sites is 2. The summed E-state index contributed by atoms with van der Waals surface area (Å²) in [6.45, 7) is 11.5. The van der Waals surface area contributed by atoms with Gasteiger partial charge in [0.2, 0.25) is 0 Å². The Morgan fingerprint density at radius 2 is 1.21 bits per heavy atom. The number of hydrogen-bond donors (Lipinski definition) is 0. The van der Waals surface area contributed by atoms with E-state index in [1.165, 1.54) is 43.8 Å². The molecule has 10 aromatic rings. The number of hydrogen-bond acceptors (Lipinski definition) is 6. The fourth-order valence-electron chi connectivity index (χ4n) is 11.2. The van der Waals surface area contributed by atoms with Gasteiger partial charge in [0.05, 0.1) is 46.4 Å². The molecule has 6 heteroatoms. The van der Waals surface area contributed by atoms with Gasteiger partial charge in [-0.3, -0.25) is 0 Å². The van der Waals surface area contributed by atoms with Gasteiger partial charge in [-0.1, -0.05) is 107 Å². The average molecular weight is 869 g/mol. The maximum absolute atomic E-state index is 9.96. The average Bonchev–Trinajstić information content (AvgIpc) is 3.94. The second-order valence-electron chi connectivity index (χ2n) is 19.0. The number of anilines is 5. The van der Waals surface area contributed by atoms with Crippen molar-refractivity contribution in [3.8, 4) is 12.1 Å². The number of nitrogens with zero attached hydrogens (tertiary/aromatic N) is 4. The second kappa shape index (κ2) is 15.5. The molecule has 0 spiro atoms. The Morgan fingerprint density at radius 1 is 0.597 bits per heavy atom. The van der Waals surface area contributed by atoms with Crippen molar-refractivity contribution in [3.05, 3.63) is 184 Å². The van der Waals surface area contributed by atoms with Gasteiger partial charge in [-0.2, -0.15) is 10.5 Å². The normalized spacial score (nSPS) is 15.5. The fraction of sp³-hybridized carbons (Fsp3) is 0.180. The Hall–Kier alpha value is -8.06. The maximum Gasteiger partial charge on any atom is 0.159 e. The number of nitriles is 2. The number of fused-ring (bicyclic) bond motifs is 6.